The van der Waals surface area contributed by atoms with E-state index in [0.717, 1.165) is 0 Å². The molecule has 0 aliphatic heterocycles. The van der Waals surface area contributed by atoms with Gasteiger partial charge >= 0.3 is 47.8 Å². The fourth-order valence-corrected chi connectivity index (χ4v) is 0. The van der Waals surface area contributed by atoms with Crippen LogP contribution in [0.2, 0.25) is 0 Å². The average molecular weight is 304 g/mol. The van der Waals surface area contributed by atoms with E-state index in [-0.39, 0.29) is 47.8 Å². The number of rotatable bonds is 1. The summed E-state index contributed by atoms with van der Waals surface area (Å²) in [6.07, 6.45) is 2.64. The van der Waals surface area contributed by atoms with Crippen LogP contribution in [0.4, 0.5) is 0 Å². The summed E-state index contributed by atoms with van der Waals surface area (Å²) >= 11 is 0. The molecule has 0 saturated carbocycles. The van der Waals surface area contributed by atoms with E-state index < -0.39 is 0 Å². The van der Waals surface area contributed by atoms with E-state index in [0.29, 0.717) is 0 Å². The molecule has 6 heavy (non-hydrogen) atoms. The Morgan fingerprint density at radius 3 is 1.00 bits per heavy atom. The average Bonchev–Trinajstić information content (AvgIpc) is 1.37. The second kappa shape index (κ2) is 16.0. The van der Waals surface area contributed by atoms with Gasteiger partial charge in [-0.05, 0) is 0 Å². The number of unbranched alkanes of at least 4 members (excludes halogenated alkanes) is 1. The molecule has 0 radical (unpaired) electrons. The van der Waals surface area contributed by atoms with E-state index in [2.05, 4.69) is 13.8 Å². The van der Waals surface area contributed by atoms with Gasteiger partial charge in [0.05, 0.1) is 0 Å². The van der Waals surface area contributed by atoms with Crippen molar-refractivity contribution in [3.8, 4) is 0 Å². The molecule has 42 valence electrons. The molecule has 0 aliphatic carbocycles. The van der Waals surface area contributed by atoms with Crippen LogP contribution in [0.15, 0.2) is 0 Å². The molecule has 0 aromatic carbocycles. The molecule has 0 N–H and O–H groups in total. The van der Waals surface area contributed by atoms with Gasteiger partial charge in [0.2, 0.25) is 0 Å². The third kappa shape index (κ3) is 17.5. The first-order valence-electron chi connectivity index (χ1n) is 1.91. The quantitative estimate of drug-likeness (QED) is 0.540. The molecule has 0 amide bonds. The van der Waals surface area contributed by atoms with Crippen molar-refractivity contribution < 1.29 is 0 Å². The van der Waals surface area contributed by atoms with Gasteiger partial charge in [-0.15, -0.1) is 0 Å². The third-order valence-electron chi connectivity index (χ3n) is 0.500. The summed E-state index contributed by atoms with van der Waals surface area (Å²) in [5, 5.41) is 0. The van der Waals surface area contributed by atoms with Crippen LogP contribution in [0.3, 0.4) is 0 Å². The summed E-state index contributed by atoms with van der Waals surface area (Å²) in [5.74, 6) is 0. The minimum absolute atomic E-state index is 0. The molecule has 0 unspecified atom stereocenters. The molecular weight excluding hydrogens is 285 g/mol. The maximum atomic E-state index is 2.18. The van der Waals surface area contributed by atoms with Crippen molar-refractivity contribution >= 4 is 47.8 Å². The van der Waals surface area contributed by atoms with E-state index in [9.17, 15) is 0 Å². The van der Waals surface area contributed by atoms with Crippen LogP contribution >= 0.6 is 0 Å². The summed E-state index contributed by atoms with van der Waals surface area (Å²) in [4.78, 5) is 0. The maximum absolute atomic E-state index is 2.18. The zero-order valence-electron chi connectivity index (χ0n) is 3.41. The van der Waals surface area contributed by atoms with Crippen LogP contribution in [0.25, 0.3) is 0 Å². The van der Waals surface area contributed by atoms with Gasteiger partial charge < -0.3 is 0 Å². The van der Waals surface area contributed by atoms with Gasteiger partial charge in [-0.1, -0.05) is 26.7 Å². The molecule has 0 rings (SSSR count). The predicted octanol–water partition coefficient (Wildman–Crippen LogP) is -1.10. The molecule has 2 heteroatoms. The van der Waals surface area contributed by atoms with Crippen LogP contribution in [-0.2, 0) is 0 Å². The molecule has 0 bridgehead atoms. The first kappa shape index (κ1) is 15.6. The Morgan fingerprint density at radius 2 is 1.00 bits per heavy atom. The molecule has 0 heterocycles. The van der Waals surface area contributed by atoms with Gasteiger partial charge in [0.15, 0.2) is 0 Å². The van der Waals surface area contributed by atoms with E-state index in [1.165, 1.54) is 12.8 Å². The van der Waals surface area contributed by atoms with Crippen molar-refractivity contribution in [2.75, 3.05) is 0 Å². The van der Waals surface area contributed by atoms with Crippen molar-refractivity contribution in [1.82, 2.24) is 0 Å². The van der Waals surface area contributed by atoms with Gasteiger partial charge in [0, 0.05) is 0 Å². The Kier molecular flexibility index (Phi) is 41.6. The van der Waals surface area contributed by atoms with Gasteiger partial charge in [0.1, 0.15) is 0 Å². The summed E-state index contributed by atoms with van der Waals surface area (Å²) in [7, 11) is 0. The Labute approximate surface area is 74.0 Å². The van der Waals surface area contributed by atoms with Gasteiger partial charge in [-0.3, -0.25) is 0 Å². The van der Waals surface area contributed by atoms with Crippen LogP contribution in [0, 0.1) is 0 Å². The normalized spacial score (nSPS) is 5.00. The molecule has 0 aliphatic rings. The molecule has 0 fully saturated rings. The van der Waals surface area contributed by atoms with Crippen molar-refractivity contribution in [2.45, 2.75) is 26.7 Å². The summed E-state index contributed by atoms with van der Waals surface area (Å²) in [6, 6.07) is 0. The summed E-state index contributed by atoms with van der Waals surface area (Å²) in [5.41, 5.74) is 0. The Hall–Kier alpha value is 1.60. The Morgan fingerprint density at radius 1 is 0.833 bits per heavy atom. The van der Waals surface area contributed by atoms with E-state index in [1.54, 1.807) is 0 Å². The van der Waals surface area contributed by atoms with Crippen LogP contribution in [0.1, 0.15) is 26.7 Å². The summed E-state index contributed by atoms with van der Waals surface area (Å²) < 4.78 is 0. The first-order chi connectivity index (χ1) is 1.91. The SMILES string of the molecule is CCCC.[SnH4].[SnH4]. The van der Waals surface area contributed by atoms with Crippen LogP contribution in [-0.4, -0.2) is 47.8 Å². The zero-order valence-corrected chi connectivity index (χ0v) is 3.41. The van der Waals surface area contributed by atoms with Gasteiger partial charge in [0.25, 0.3) is 0 Å². The molecular formula is C4H18Sn2. The second-order valence-corrected chi connectivity index (χ2v) is 1.000. The van der Waals surface area contributed by atoms with Crippen molar-refractivity contribution in [1.29, 1.82) is 0 Å². The molecule has 0 saturated heterocycles. The zero-order chi connectivity index (χ0) is 3.41. The molecule has 0 atom stereocenters. The minimum atomic E-state index is 0. The van der Waals surface area contributed by atoms with E-state index >= 15 is 0 Å². The van der Waals surface area contributed by atoms with E-state index in [1.807, 2.05) is 0 Å². The topological polar surface area (TPSA) is 0 Å². The predicted molar refractivity (Wildman–Crippen MR) is 43.3 cm³/mol. The van der Waals surface area contributed by atoms with Crippen LogP contribution in [0.5, 0.6) is 0 Å². The Bertz CT molecular complexity index is 7.51. The fraction of sp³-hybridized carbons (Fsp3) is 1.00. The third-order valence-corrected chi connectivity index (χ3v) is 0.500. The molecule has 0 aromatic rings. The molecule has 0 nitrogen and oxygen atoms in total. The molecule has 0 spiro atoms. The standard InChI is InChI=1S/C4H10.2Sn.8H/c1-3-4-2;;;;;;;;;;/h3-4H2,1-2H3;;;;;;;;;;. The van der Waals surface area contributed by atoms with Crippen molar-refractivity contribution in [3.63, 3.8) is 0 Å². The molecule has 0 aromatic heterocycles. The van der Waals surface area contributed by atoms with E-state index in [4.69, 9.17) is 0 Å². The van der Waals surface area contributed by atoms with Gasteiger partial charge in [-0.25, -0.2) is 0 Å². The monoisotopic (exact) mass is 306 g/mol. The first-order valence-corrected chi connectivity index (χ1v) is 1.91. The van der Waals surface area contributed by atoms with Gasteiger partial charge in [-0.2, -0.15) is 0 Å². The van der Waals surface area contributed by atoms with Crippen molar-refractivity contribution in [2.24, 2.45) is 0 Å². The second-order valence-electron chi connectivity index (χ2n) is 1.000. The fourth-order valence-electron chi connectivity index (χ4n) is 0. The van der Waals surface area contributed by atoms with Crippen molar-refractivity contribution in [3.05, 3.63) is 0 Å². The Balaban J connectivity index is -0.0000000450. The number of hydrogen-bond donors (Lipinski definition) is 0. The summed E-state index contributed by atoms with van der Waals surface area (Å²) in [6.45, 7) is 4.36. The van der Waals surface area contributed by atoms with Crippen LogP contribution < -0.4 is 0 Å². The number of hydrogen-bond acceptors (Lipinski definition) is 0.